The van der Waals surface area contributed by atoms with Crippen molar-refractivity contribution in [2.75, 3.05) is 0 Å². The van der Waals surface area contributed by atoms with Crippen LogP contribution in [0.5, 0.6) is 0 Å². The number of carbonyl (C=O) groups is 2. The molecule has 0 N–H and O–H groups in total. The molecule has 1 fully saturated rings. The maximum atomic E-state index is 11.8. The van der Waals surface area contributed by atoms with E-state index in [-0.39, 0.29) is 0 Å². The monoisotopic (exact) mass is 242 g/mol. The zero-order chi connectivity index (χ0) is 12.9. The van der Waals surface area contributed by atoms with E-state index in [0.29, 0.717) is 18.8 Å². The lowest BCUT2D eigenvalue weighted by Crippen LogP contribution is -2.34. The van der Waals surface area contributed by atoms with Gasteiger partial charge in [0.1, 0.15) is 5.60 Å². The van der Waals surface area contributed by atoms with Gasteiger partial charge in [-0.05, 0) is 33.1 Å². The van der Waals surface area contributed by atoms with Crippen molar-refractivity contribution < 1.29 is 19.1 Å². The fourth-order valence-corrected chi connectivity index (χ4v) is 2.19. The molecule has 0 amide bonds. The molecule has 1 unspecified atom stereocenters. The molecule has 17 heavy (non-hydrogen) atoms. The van der Waals surface area contributed by atoms with Crippen LogP contribution in [0, 0.1) is 5.92 Å². The van der Waals surface area contributed by atoms with Crippen LogP contribution in [0.25, 0.3) is 0 Å². The molecule has 1 rings (SSSR count). The van der Waals surface area contributed by atoms with E-state index in [0.717, 1.165) is 12.8 Å². The van der Waals surface area contributed by atoms with Crippen molar-refractivity contribution in [2.24, 2.45) is 5.92 Å². The summed E-state index contributed by atoms with van der Waals surface area (Å²) in [6.07, 6.45) is 4.48. The van der Waals surface area contributed by atoms with E-state index in [2.05, 4.69) is 0 Å². The zero-order valence-corrected chi connectivity index (χ0v) is 10.9. The lowest BCUT2D eigenvalue weighted by atomic mass is 10.00. The van der Waals surface area contributed by atoms with Gasteiger partial charge in [-0.25, -0.2) is 4.79 Å². The number of carbonyl (C=O) groups excluding carboxylic acids is 2. The van der Waals surface area contributed by atoms with Crippen LogP contribution in [0.3, 0.4) is 0 Å². The summed E-state index contributed by atoms with van der Waals surface area (Å²) in [7, 11) is 0. The van der Waals surface area contributed by atoms with Crippen molar-refractivity contribution in [1.82, 2.24) is 0 Å². The maximum Gasteiger partial charge on any atom is 0.347 e. The minimum absolute atomic E-state index is 0.337. The highest BCUT2D eigenvalue weighted by Crippen LogP contribution is 2.29. The van der Waals surface area contributed by atoms with Gasteiger partial charge in [0.05, 0.1) is 0 Å². The highest BCUT2D eigenvalue weighted by molar-refractivity contribution is 5.76. The Kier molecular flexibility index (Phi) is 4.97. The van der Waals surface area contributed by atoms with Gasteiger partial charge in [-0.2, -0.15) is 0 Å². The number of hydrogen-bond acceptors (Lipinski definition) is 4. The predicted octanol–water partition coefficient (Wildman–Crippen LogP) is 2.45. The molecule has 0 spiro atoms. The summed E-state index contributed by atoms with van der Waals surface area (Å²) in [6.45, 7) is 5.75. The molecule has 1 atom stereocenters. The Bertz CT molecular complexity index is 261. The zero-order valence-electron chi connectivity index (χ0n) is 10.9. The van der Waals surface area contributed by atoms with Gasteiger partial charge >= 0.3 is 5.97 Å². The van der Waals surface area contributed by atoms with E-state index >= 15 is 0 Å². The fourth-order valence-electron chi connectivity index (χ4n) is 2.19. The van der Waals surface area contributed by atoms with Gasteiger partial charge < -0.3 is 9.47 Å². The average molecular weight is 242 g/mol. The van der Waals surface area contributed by atoms with Gasteiger partial charge in [0.15, 0.2) is 6.10 Å². The quantitative estimate of drug-likeness (QED) is 0.549. The van der Waals surface area contributed by atoms with E-state index in [1.165, 1.54) is 12.8 Å². The summed E-state index contributed by atoms with van der Waals surface area (Å²) >= 11 is 0. The van der Waals surface area contributed by atoms with E-state index in [1.807, 2.05) is 0 Å². The normalized spacial score (nSPS) is 18.8. The Labute approximate surface area is 103 Å². The largest absolute Gasteiger partial charge is 0.457 e. The summed E-state index contributed by atoms with van der Waals surface area (Å²) in [5.41, 5.74) is -0.544. The number of rotatable bonds is 5. The third-order valence-electron chi connectivity index (χ3n) is 2.91. The molecule has 98 valence electrons. The predicted molar refractivity (Wildman–Crippen MR) is 63.4 cm³/mol. The average Bonchev–Trinajstić information content (AvgIpc) is 2.67. The SMILES string of the molecule is CC(C)(C)OC(=O)C(CC1CCCC1)OC=O. The molecule has 4 heteroatoms. The van der Waals surface area contributed by atoms with Crippen LogP contribution in [0.4, 0.5) is 0 Å². The summed E-state index contributed by atoms with van der Waals surface area (Å²) in [4.78, 5) is 22.3. The Morgan fingerprint density at radius 1 is 1.35 bits per heavy atom. The molecule has 0 saturated heterocycles. The second-order valence-corrected chi connectivity index (χ2v) is 5.64. The maximum absolute atomic E-state index is 11.8. The van der Waals surface area contributed by atoms with Crippen LogP contribution in [0.1, 0.15) is 52.9 Å². The van der Waals surface area contributed by atoms with Crippen LogP contribution in [-0.4, -0.2) is 24.1 Å². The van der Waals surface area contributed by atoms with Crippen LogP contribution >= 0.6 is 0 Å². The molecule has 0 aliphatic heterocycles. The summed E-state index contributed by atoms with van der Waals surface area (Å²) in [5, 5.41) is 0. The van der Waals surface area contributed by atoms with Crippen molar-refractivity contribution >= 4 is 12.4 Å². The van der Waals surface area contributed by atoms with Crippen LogP contribution in [-0.2, 0) is 19.1 Å². The standard InChI is InChI=1S/C13H22O4/c1-13(2,3)17-12(15)11(16-9-14)8-10-6-4-5-7-10/h9-11H,4-8H2,1-3H3. The van der Waals surface area contributed by atoms with Crippen molar-refractivity contribution in [3.05, 3.63) is 0 Å². The third-order valence-corrected chi connectivity index (χ3v) is 2.91. The number of hydrogen-bond donors (Lipinski definition) is 0. The van der Waals surface area contributed by atoms with Gasteiger partial charge in [0, 0.05) is 0 Å². The van der Waals surface area contributed by atoms with Gasteiger partial charge in [-0.15, -0.1) is 0 Å². The minimum atomic E-state index is -0.741. The molecule has 1 aliphatic carbocycles. The molecule has 0 heterocycles. The molecule has 0 aromatic rings. The van der Waals surface area contributed by atoms with Crippen LogP contribution in [0.2, 0.25) is 0 Å². The first-order valence-corrected chi connectivity index (χ1v) is 6.24. The highest BCUT2D eigenvalue weighted by Gasteiger charge is 2.30. The third kappa shape index (κ3) is 5.20. The lowest BCUT2D eigenvalue weighted by molar-refractivity contribution is -0.172. The Morgan fingerprint density at radius 3 is 2.41 bits per heavy atom. The second kappa shape index (κ2) is 6.03. The second-order valence-electron chi connectivity index (χ2n) is 5.64. The molecule has 1 saturated carbocycles. The number of ether oxygens (including phenoxy) is 2. The minimum Gasteiger partial charge on any atom is -0.457 e. The molecular formula is C13H22O4. The van der Waals surface area contributed by atoms with Crippen molar-refractivity contribution in [1.29, 1.82) is 0 Å². The van der Waals surface area contributed by atoms with E-state index in [9.17, 15) is 9.59 Å². The molecule has 1 aliphatic rings. The van der Waals surface area contributed by atoms with E-state index < -0.39 is 17.7 Å². The lowest BCUT2D eigenvalue weighted by Gasteiger charge is -2.24. The van der Waals surface area contributed by atoms with E-state index in [1.54, 1.807) is 20.8 Å². The van der Waals surface area contributed by atoms with Gasteiger partial charge in [0.2, 0.25) is 0 Å². The molecule has 0 radical (unpaired) electrons. The van der Waals surface area contributed by atoms with Gasteiger partial charge in [0.25, 0.3) is 6.47 Å². The van der Waals surface area contributed by atoms with Gasteiger partial charge in [-0.3, -0.25) is 4.79 Å². The van der Waals surface area contributed by atoms with Crippen LogP contribution < -0.4 is 0 Å². The van der Waals surface area contributed by atoms with Crippen molar-refractivity contribution in [2.45, 2.75) is 64.6 Å². The Hall–Kier alpha value is -1.06. The first-order valence-electron chi connectivity index (χ1n) is 6.24. The highest BCUT2D eigenvalue weighted by atomic mass is 16.6. The Balaban J connectivity index is 2.51. The summed E-state index contributed by atoms with van der Waals surface area (Å²) in [5.74, 6) is 0.0453. The molecule has 0 bridgehead atoms. The summed E-state index contributed by atoms with van der Waals surface area (Å²) in [6, 6.07) is 0. The van der Waals surface area contributed by atoms with Crippen molar-refractivity contribution in [3.63, 3.8) is 0 Å². The Morgan fingerprint density at radius 2 is 1.94 bits per heavy atom. The molecule has 0 aromatic carbocycles. The number of esters is 1. The molecule has 0 aromatic heterocycles. The van der Waals surface area contributed by atoms with Crippen LogP contribution in [0.15, 0.2) is 0 Å². The summed E-state index contributed by atoms with van der Waals surface area (Å²) < 4.78 is 10.1. The topological polar surface area (TPSA) is 52.6 Å². The molecule has 4 nitrogen and oxygen atoms in total. The first kappa shape index (κ1) is 14.0. The fraction of sp³-hybridized carbons (Fsp3) is 0.846. The smallest absolute Gasteiger partial charge is 0.347 e. The molecular weight excluding hydrogens is 220 g/mol. The van der Waals surface area contributed by atoms with Gasteiger partial charge in [-0.1, -0.05) is 25.7 Å². The first-order chi connectivity index (χ1) is 7.92. The van der Waals surface area contributed by atoms with Crippen molar-refractivity contribution in [3.8, 4) is 0 Å². The van der Waals surface area contributed by atoms with E-state index in [4.69, 9.17) is 9.47 Å².